The van der Waals surface area contributed by atoms with Gasteiger partial charge in [-0.15, -0.1) is 0 Å². The second-order valence-electron chi connectivity index (χ2n) is 4.15. The van der Waals surface area contributed by atoms with Crippen molar-refractivity contribution >= 4 is 17.8 Å². The first-order chi connectivity index (χ1) is 9.93. The normalized spacial score (nSPS) is 11.5. The maximum Gasteiger partial charge on any atom is 0.326 e. The van der Waals surface area contributed by atoms with E-state index in [1.165, 1.54) is 12.3 Å². The van der Waals surface area contributed by atoms with E-state index >= 15 is 0 Å². The minimum atomic E-state index is -1.27. The van der Waals surface area contributed by atoms with Gasteiger partial charge in [0.05, 0.1) is 6.61 Å². The molecule has 0 aliphatic heterocycles. The molecule has 21 heavy (non-hydrogen) atoms. The number of rotatable bonds is 7. The number of aliphatic carboxylic acids is 1. The summed E-state index contributed by atoms with van der Waals surface area (Å²) < 4.78 is 4.69. The molecule has 0 radical (unpaired) electrons. The fourth-order valence-electron chi connectivity index (χ4n) is 1.58. The Kier molecular flexibility index (Phi) is 6.12. The number of carbonyl (C=O) groups is 3. The molecule has 1 amide bonds. The summed E-state index contributed by atoms with van der Waals surface area (Å²) in [4.78, 5) is 47.5. The van der Waals surface area contributed by atoms with Crippen LogP contribution in [0.1, 0.15) is 30.1 Å². The van der Waals surface area contributed by atoms with Crippen LogP contribution in [0.3, 0.4) is 0 Å². The SMILES string of the molecule is CCOC(=O)CC[C@H](NC(=O)c1cc[nH]c(=O)c1)C(=O)O. The largest absolute Gasteiger partial charge is 0.480 e. The van der Waals surface area contributed by atoms with Crippen molar-refractivity contribution in [1.82, 2.24) is 10.3 Å². The molecule has 0 aliphatic carbocycles. The Morgan fingerprint density at radius 3 is 2.71 bits per heavy atom. The zero-order valence-electron chi connectivity index (χ0n) is 11.4. The molecule has 0 bridgehead atoms. The minimum Gasteiger partial charge on any atom is -0.480 e. The molecule has 3 N–H and O–H groups in total. The molecule has 1 aromatic heterocycles. The van der Waals surface area contributed by atoms with Gasteiger partial charge in [-0.05, 0) is 19.4 Å². The van der Waals surface area contributed by atoms with Crippen molar-refractivity contribution in [2.45, 2.75) is 25.8 Å². The molecule has 1 rings (SSSR count). The zero-order chi connectivity index (χ0) is 15.8. The lowest BCUT2D eigenvalue weighted by atomic mass is 10.1. The van der Waals surface area contributed by atoms with Crippen LogP contribution in [0.2, 0.25) is 0 Å². The van der Waals surface area contributed by atoms with E-state index in [9.17, 15) is 19.2 Å². The number of H-pyrrole nitrogens is 1. The summed E-state index contributed by atoms with van der Waals surface area (Å²) >= 11 is 0. The quantitative estimate of drug-likeness (QED) is 0.603. The van der Waals surface area contributed by atoms with Gasteiger partial charge in [-0.3, -0.25) is 14.4 Å². The fourth-order valence-corrected chi connectivity index (χ4v) is 1.58. The number of carbonyl (C=O) groups excluding carboxylic acids is 2. The number of carboxylic acids is 1. The Morgan fingerprint density at radius 1 is 1.43 bits per heavy atom. The van der Waals surface area contributed by atoms with E-state index in [0.29, 0.717) is 0 Å². The van der Waals surface area contributed by atoms with Gasteiger partial charge in [0, 0.05) is 24.2 Å². The molecule has 1 aromatic rings. The average molecular weight is 296 g/mol. The Hall–Kier alpha value is -2.64. The van der Waals surface area contributed by atoms with E-state index in [2.05, 4.69) is 15.0 Å². The summed E-state index contributed by atoms with van der Waals surface area (Å²) in [7, 11) is 0. The average Bonchev–Trinajstić information content (AvgIpc) is 2.43. The highest BCUT2D eigenvalue weighted by atomic mass is 16.5. The minimum absolute atomic E-state index is 0.0427. The third-order valence-electron chi connectivity index (χ3n) is 2.58. The Bertz CT molecular complexity index is 580. The Balaban J connectivity index is 2.66. The third kappa shape index (κ3) is 5.47. The number of aromatic nitrogens is 1. The molecule has 8 heteroatoms. The smallest absolute Gasteiger partial charge is 0.326 e. The van der Waals surface area contributed by atoms with E-state index in [-0.39, 0.29) is 25.0 Å². The van der Waals surface area contributed by atoms with Gasteiger partial charge in [0.2, 0.25) is 5.56 Å². The van der Waals surface area contributed by atoms with Crippen LogP contribution in [0.4, 0.5) is 0 Å². The van der Waals surface area contributed by atoms with Crippen LogP contribution < -0.4 is 10.9 Å². The van der Waals surface area contributed by atoms with Crippen LogP contribution in [-0.2, 0) is 14.3 Å². The molecular formula is C13H16N2O6. The number of amides is 1. The topological polar surface area (TPSA) is 126 Å². The number of hydrogen-bond donors (Lipinski definition) is 3. The maximum atomic E-state index is 11.8. The predicted molar refractivity (Wildman–Crippen MR) is 71.8 cm³/mol. The van der Waals surface area contributed by atoms with Crippen LogP contribution in [0, 0.1) is 0 Å². The number of carboxylic acid groups (broad SMARTS) is 1. The van der Waals surface area contributed by atoms with E-state index in [4.69, 9.17) is 5.11 Å². The predicted octanol–water partition coefficient (Wildman–Crippen LogP) is -0.0988. The van der Waals surface area contributed by atoms with Gasteiger partial charge in [-0.1, -0.05) is 0 Å². The van der Waals surface area contributed by atoms with Crippen molar-refractivity contribution in [3.63, 3.8) is 0 Å². The summed E-state index contributed by atoms with van der Waals surface area (Å²) in [5.41, 5.74) is -0.429. The van der Waals surface area contributed by atoms with Crippen LogP contribution in [0.5, 0.6) is 0 Å². The van der Waals surface area contributed by atoms with Crippen molar-refractivity contribution < 1.29 is 24.2 Å². The standard InChI is InChI=1S/C13H16N2O6/c1-2-21-11(17)4-3-9(13(19)20)15-12(18)8-5-6-14-10(16)7-8/h5-7,9H,2-4H2,1H3,(H,14,16)(H,15,18)(H,19,20)/t9-/m0/s1. The van der Waals surface area contributed by atoms with Gasteiger partial charge < -0.3 is 20.1 Å². The molecule has 8 nitrogen and oxygen atoms in total. The van der Waals surface area contributed by atoms with E-state index in [1.807, 2.05) is 0 Å². The van der Waals surface area contributed by atoms with E-state index < -0.39 is 29.4 Å². The Morgan fingerprint density at radius 2 is 2.14 bits per heavy atom. The molecule has 0 saturated carbocycles. The molecule has 0 saturated heterocycles. The molecule has 0 spiro atoms. The highest BCUT2D eigenvalue weighted by molar-refractivity contribution is 5.96. The first kappa shape index (κ1) is 16.4. The third-order valence-corrected chi connectivity index (χ3v) is 2.58. The van der Waals surface area contributed by atoms with Gasteiger partial charge in [-0.25, -0.2) is 4.79 Å². The molecule has 114 valence electrons. The first-order valence-corrected chi connectivity index (χ1v) is 6.32. The lowest BCUT2D eigenvalue weighted by Crippen LogP contribution is -2.41. The van der Waals surface area contributed by atoms with Gasteiger partial charge in [0.15, 0.2) is 0 Å². The van der Waals surface area contributed by atoms with Gasteiger partial charge in [0.1, 0.15) is 6.04 Å². The number of pyridine rings is 1. The molecule has 0 fully saturated rings. The number of hydrogen-bond acceptors (Lipinski definition) is 5. The van der Waals surface area contributed by atoms with Crippen LogP contribution in [-0.4, -0.2) is 40.6 Å². The summed E-state index contributed by atoms with van der Waals surface area (Å²) in [5, 5.41) is 11.3. The van der Waals surface area contributed by atoms with E-state index in [0.717, 1.165) is 6.07 Å². The van der Waals surface area contributed by atoms with E-state index in [1.54, 1.807) is 6.92 Å². The summed E-state index contributed by atoms with van der Waals surface area (Å²) in [6.45, 7) is 1.84. The molecule has 1 atom stereocenters. The second-order valence-corrected chi connectivity index (χ2v) is 4.15. The van der Waals surface area contributed by atoms with Gasteiger partial charge >= 0.3 is 11.9 Å². The molecule has 0 aliphatic rings. The second kappa shape index (κ2) is 7.83. The van der Waals surface area contributed by atoms with Crippen molar-refractivity contribution in [2.75, 3.05) is 6.61 Å². The number of esters is 1. The summed E-state index contributed by atoms with van der Waals surface area (Å²) in [5.74, 6) is -2.50. The summed E-state index contributed by atoms with van der Waals surface area (Å²) in [6.07, 6.45) is 1.06. The maximum absolute atomic E-state index is 11.8. The first-order valence-electron chi connectivity index (χ1n) is 6.32. The molecule has 1 heterocycles. The van der Waals surface area contributed by atoms with Crippen LogP contribution >= 0.6 is 0 Å². The van der Waals surface area contributed by atoms with Crippen LogP contribution in [0.25, 0.3) is 0 Å². The van der Waals surface area contributed by atoms with Crippen molar-refractivity contribution in [3.05, 3.63) is 34.2 Å². The van der Waals surface area contributed by atoms with Gasteiger partial charge in [0.25, 0.3) is 5.91 Å². The van der Waals surface area contributed by atoms with Crippen molar-refractivity contribution in [2.24, 2.45) is 0 Å². The Labute approximate surface area is 120 Å². The molecule has 0 unspecified atom stereocenters. The lowest BCUT2D eigenvalue weighted by molar-refractivity contribution is -0.144. The number of nitrogens with one attached hydrogen (secondary N) is 2. The van der Waals surface area contributed by atoms with Crippen LogP contribution in [0.15, 0.2) is 23.1 Å². The highest BCUT2D eigenvalue weighted by Crippen LogP contribution is 2.02. The zero-order valence-corrected chi connectivity index (χ0v) is 11.4. The van der Waals surface area contributed by atoms with Crippen molar-refractivity contribution in [1.29, 1.82) is 0 Å². The summed E-state index contributed by atoms with van der Waals surface area (Å²) in [6, 6.07) is 1.17. The fraction of sp³-hybridized carbons (Fsp3) is 0.385. The van der Waals surface area contributed by atoms with Gasteiger partial charge in [-0.2, -0.15) is 0 Å². The lowest BCUT2D eigenvalue weighted by Gasteiger charge is -2.14. The molecular weight excluding hydrogens is 280 g/mol. The van der Waals surface area contributed by atoms with Crippen molar-refractivity contribution in [3.8, 4) is 0 Å². The molecule has 0 aromatic carbocycles. The monoisotopic (exact) mass is 296 g/mol. The number of ether oxygens (including phenoxy) is 1. The number of aromatic amines is 1. The highest BCUT2D eigenvalue weighted by Gasteiger charge is 2.22.